The molecule has 0 heterocycles. The third kappa shape index (κ3) is 29.4. The van der Waals surface area contributed by atoms with Crippen LogP contribution >= 0.6 is 0 Å². The van der Waals surface area contributed by atoms with Gasteiger partial charge in [0, 0.05) is 19.4 Å². The van der Waals surface area contributed by atoms with Gasteiger partial charge in [-0.2, -0.15) is 0 Å². The van der Waals surface area contributed by atoms with Gasteiger partial charge >= 0.3 is 11.9 Å². The van der Waals surface area contributed by atoms with E-state index in [0.717, 1.165) is 60.8 Å². The minimum absolute atomic E-state index is 0.106. The number of esters is 2. The van der Waals surface area contributed by atoms with Gasteiger partial charge in [0.25, 0.3) is 0 Å². The van der Waals surface area contributed by atoms with Crippen LogP contribution in [0.1, 0.15) is 237 Å². The van der Waals surface area contributed by atoms with Crippen molar-refractivity contribution in [2.45, 2.75) is 240 Å². The van der Waals surface area contributed by atoms with Gasteiger partial charge in [0.2, 0.25) is 0 Å². The molecule has 0 aliphatic heterocycles. The zero-order chi connectivity index (χ0) is 39.5. The van der Waals surface area contributed by atoms with E-state index in [2.05, 4.69) is 58.8 Å². The second kappa shape index (κ2) is 35.5. The first kappa shape index (κ1) is 50.1. The molecule has 0 unspecified atom stereocenters. The van der Waals surface area contributed by atoms with Crippen LogP contribution in [-0.4, -0.2) is 30.9 Å². The molecule has 0 aliphatic carbocycles. The smallest absolute Gasteiger partial charge is 0.306 e. The van der Waals surface area contributed by atoms with E-state index in [0.29, 0.717) is 12.8 Å². The van der Waals surface area contributed by atoms with Gasteiger partial charge in [-0.1, -0.05) is 194 Å². The molecule has 0 bridgehead atoms. The van der Waals surface area contributed by atoms with Crippen LogP contribution in [-0.2, 0) is 38.8 Å². The number of unbranched alkanes of at least 4 members (excludes halogenated alkanes) is 16. The Morgan fingerprint density at radius 2 is 0.741 bits per heavy atom. The third-order valence-corrected chi connectivity index (χ3v) is 11.3. The van der Waals surface area contributed by atoms with E-state index in [1.807, 2.05) is 6.07 Å². The highest BCUT2D eigenvalue weighted by molar-refractivity contribution is 5.69. The Balaban J connectivity index is 2.61. The molecule has 0 radical (unpaired) electrons. The van der Waals surface area contributed by atoms with Crippen LogP contribution in [0.2, 0.25) is 0 Å². The molecule has 0 aromatic heterocycles. The SMILES string of the molecule is CCCCCCCC(CCCCCCC)CCCC(=O)OCc1cc(COC(=O)CCCC(CCCCCCC)CCCCCCC)cc(CN(C)C)c1. The molecule has 0 saturated carbocycles. The Kier molecular flexibility index (Phi) is 33.0. The molecule has 0 saturated heterocycles. The zero-order valence-corrected chi connectivity index (χ0v) is 36.8. The molecule has 314 valence electrons. The van der Waals surface area contributed by atoms with E-state index in [1.54, 1.807) is 0 Å². The summed E-state index contributed by atoms with van der Waals surface area (Å²) in [6.07, 6.45) is 36.9. The number of hydrogen-bond acceptors (Lipinski definition) is 5. The molecule has 1 aromatic rings. The van der Waals surface area contributed by atoms with E-state index >= 15 is 0 Å². The number of hydrogen-bond donors (Lipinski definition) is 0. The lowest BCUT2D eigenvalue weighted by Crippen LogP contribution is -2.12. The fourth-order valence-corrected chi connectivity index (χ4v) is 8.02. The summed E-state index contributed by atoms with van der Waals surface area (Å²) in [6, 6.07) is 6.28. The van der Waals surface area contributed by atoms with E-state index in [-0.39, 0.29) is 25.2 Å². The number of ether oxygens (including phenoxy) is 2. The van der Waals surface area contributed by atoms with Crippen LogP contribution in [0.25, 0.3) is 0 Å². The Bertz CT molecular complexity index is 923. The lowest BCUT2D eigenvalue weighted by molar-refractivity contribution is -0.145. The van der Waals surface area contributed by atoms with Gasteiger partial charge in [-0.25, -0.2) is 0 Å². The number of rotatable bonds is 38. The fourth-order valence-electron chi connectivity index (χ4n) is 8.02. The van der Waals surface area contributed by atoms with Crippen molar-refractivity contribution in [1.29, 1.82) is 0 Å². The molecule has 1 aromatic carbocycles. The highest BCUT2D eigenvalue weighted by Crippen LogP contribution is 2.26. The van der Waals surface area contributed by atoms with Crippen molar-refractivity contribution in [1.82, 2.24) is 4.90 Å². The second-order valence-electron chi connectivity index (χ2n) is 17.0. The van der Waals surface area contributed by atoms with Crippen LogP contribution in [0.5, 0.6) is 0 Å². The maximum absolute atomic E-state index is 12.9. The average molecular weight is 756 g/mol. The molecular formula is C49H89NO4. The van der Waals surface area contributed by atoms with Crippen LogP contribution in [0.3, 0.4) is 0 Å². The van der Waals surface area contributed by atoms with Gasteiger partial charge < -0.3 is 14.4 Å². The number of carbonyl (C=O) groups excluding carboxylic acids is 2. The lowest BCUT2D eigenvalue weighted by Gasteiger charge is -2.17. The molecule has 0 spiro atoms. The second-order valence-corrected chi connectivity index (χ2v) is 17.0. The predicted molar refractivity (Wildman–Crippen MR) is 232 cm³/mol. The van der Waals surface area contributed by atoms with E-state index in [1.165, 1.54) is 154 Å². The van der Waals surface area contributed by atoms with E-state index in [9.17, 15) is 9.59 Å². The summed E-state index contributed by atoms with van der Waals surface area (Å²) in [5.74, 6) is 1.25. The third-order valence-electron chi connectivity index (χ3n) is 11.3. The Morgan fingerprint density at radius 3 is 1.06 bits per heavy atom. The summed E-state index contributed by atoms with van der Waals surface area (Å²) in [4.78, 5) is 27.9. The van der Waals surface area contributed by atoms with Gasteiger partial charge in [0.05, 0.1) is 0 Å². The highest BCUT2D eigenvalue weighted by atomic mass is 16.5. The number of carbonyl (C=O) groups is 2. The van der Waals surface area contributed by atoms with E-state index < -0.39 is 0 Å². The van der Waals surface area contributed by atoms with Crippen LogP contribution in [0, 0.1) is 11.8 Å². The van der Waals surface area contributed by atoms with Crippen molar-refractivity contribution in [2.75, 3.05) is 14.1 Å². The minimum atomic E-state index is -0.106. The van der Waals surface area contributed by atoms with E-state index in [4.69, 9.17) is 9.47 Å². The number of benzene rings is 1. The van der Waals surface area contributed by atoms with Crippen molar-refractivity contribution in [3.05, 3.63) is 34.9 Å². The maximum atomic E-state index is 12.9. The summed E-state index contributed by atoms with van der Waals surface area (Å²) >= 11 is 0. The van der Waals surface area contributed by atoms with Crippen molar-refractivity contribution >= 4 is 11.9 Å². The molecular weight excluding hydrogens is 667 g/mol. The summed E-state index contributed by atoms with van der Waals surface area (Å²) in [5.41, 5.74) is 3.07. The standard InChI is InChI=1S/C49H89NO4/c1-7-11-15-19-23-29-43(30-24-20-16-12-8-2)33-27-35-48(51)53-41-46-37-45(40-50(5)6)38-47(39-46)42-54-49(52)36-28-34-44(31-25-21-17-13-9-3)32-26-22-18-14-10-4/h37-39,43-44H,7-36,40-42H2,1-6H3. The van der Waals surface area contributed by atoms with Gasteiger partial charge in [0.15, 0.2) is 0 Å². The van der Waals surface area contributed by atoms with Crippen molar-refractivity contribution < 1.29 is 19.1 Å². The average Bonchev–Trinajstić information content (AvgIpc) is 3.15. The van der Waals surface area contributed by atoms with Gasteiger partial charge in [-0.05, 0) is 74.4 Å². The van der Waals surface area contributed by atoms with Gasteiger partial charge in [-0.15, -0.1) is 0 Å². The molecule has 0 N–H and O–H groups in total. The summed E-state index contributed by atoms with van der Waals surface area (Å²) in [7, 11) is 4.11. The van der Waals surface area contributed by atoms with Crippen LogP contribution in [0.4, 0.5) is 0 Å². The lowest BCUT2D eigenvalue weighted by atomic mass is 9.90. The first-order valence-electron chi connectivity index (χ1n) is 23.4. The van der Waals surface area contributed by atoms with Crippen LogP contribution < -0.4 is 0 Å². The molecule has 0 fully saturated rings. The van der Waals surface area contributed by atoms with Crippen molar-refractivity contribution in [2.24, 2.45) is 11.8 Å². The molecule has 54 heavy (non-hydrogen) atoms. The van der Waals surface area contributed by atoms with Crippen molar-refractivity contribution in [3.63, 3.8) is 0 Å². The largest absolute Gasteiger partial charge is 0.461 e. The highest BCUT2D eigenvalue weighted by Gasteiger charge is 2.14. The summed E-state index contributed by atoms with van der Waals surface area (Å²) in [5, 5.41) is 0. The van der Waals surface area contributed by atoms with Gasteiger partial charge in [0.1, 0.15) is 13.2 Å². The van der Waals surface area contributed by atoms with Crippen LogP contribution in [0.15, 0.2) is 18.2 Å². The molecule has 0 amide bonds. The minimum Gasteiger partial charge on any atom is -0.461 e. The summed E-state index contributed by atoms with van der Waals surface area (Å²) in [6.45, 7) is 10.4. The first-order valence-corrected chi connectivity index (χ1v) is 23.4. The first-order chi connectivity index (χ1) is 26.3. The Morgan fingerprint density at radius 1 is 0.444 bits per heavy atom. The Hall–Kier alpha value is -1.88. The molecule has 5 heteroatoms. The molecule has 5 nitrogen and oxygen atoms in total. The summed E-state index contributed by atoms with van der Waals surface area (Å²) < 4.78 is 11.6. The molecule has 0 atom stereocenters. The zero-order valence-electron chi connectivity index (χ0n) is 36.8. The van der Waals surface area contributed by atoms with Crippen molar-refractivity contribution in [3.8, 4) is 0 Å². The Labute approximate surface area is 335 Å². The number of nitrogens with zero attached hydrogens (tertiary/aromatic N) is 1. The van der Waals surface area contributed by atoms with Gasteiger partial charge in [-0.3, -0.25) is 9.59 Å². The molecule has 0 aliphatic rings. The quantitative estimate of drug-likeness (QED) is 0.0497. The maximum Gasteiger partial charge on any atom is 0.306 e. The monoisotopic (exact) mass is 756 g/mol. The fraction of sp³-hybridized carbons (Fsp3) is 0.837. The topological polar surface area (TPSA) is 55.8 Å². The molecule has 1 rings (SSSR count). The predicted octanol–water partition coefficient (Wildman–Crippen LogP) is 14.8. The normalized spacial score (nSPS) is 11.6.